The van der Waals surface area contributed by atoms with Gasteiger partial charge in [0.1, 0.15) is 11.1 Å². The predicted molar refractivity (Wildman–Crippen MR) is 133 cm³/mol. The van der Waals surface area contributed by atoms with Crippen molar-refractivity contribution in [3.63, 3.8) is 0 Å². The molecule has 0 saturated carbocycles. The maximum absolute atomic E-state index is 13.4. The highest BCUT2D eigenvalue weighted by atomic mass is 32.2. The third-order valence-electron chi connectivity index (χ3n) is 5.23. The number of aryl methyl sites for hydroxylation is 4. The van der Waals surface area contributed by atoms with Crippen LogP contribution in [-0.2, 0) is 15.6 Å². The molecule has 0 saturated heterocycles. The molecule has 0 fully saturated rings. The number of nitriles is 1. The quantitative estimate of drug-likeness (QED) is 0.410. The van der Waals surface area contributed by atoms with Gasteiger partial charge in [-0.1, -0.05) is 60.2 Å². The van der Waals surface area contributed by atoms with Crippen LogP contribution >= 0.6 is 11.8 Å². The molecule has 0 aliphatic carbocycles. The van der Waals surface area contributed by atoms with Crippen LogP contribution < -0.4 is 5.32 Å². The van der Waals surface area contributed by atoms with Gasteiger partial charge in [0.05, 0.1) is 4.90 Å². The van der Waals surface area contributed by atoms with Gasteiger partial charge in [0.15, 0.2) is 4.91 Å². The molecule has 0 atom stereocenters. The summed E-state index contributed by atoms with van der Waals surface area (Å²) < 4.78 is 26.7. The first-order valence-electron chi connectivity index (χ1n) is 10.2. The molecule has 32 heavy (non-hydrogen) atoms. The number of nitrogens with one attached hydrogen (secondary N) is 1. The molecule has 0 bridgehead atoms. The number of benzene rings is 3. The fraction of sp³-hybridized carbons (Fsp3) is 0.192. The van der Waals surface area contributed by atoms with E-state index in [1.807, 2.05) is 52.0 Å². The average Bonchev–Trinajstić information content (AvgIpc) is 2.77. The van der Waals surface area contributed by atoms with Crippen LogP contribution in [0.2, 0.25) is 0 Å². The zero-order chi connectivity index (χ0) is 23.3. The van der Waals surface area contributed by atoms with E-state index >= 15 is 0 Å². The number of thioether (sulfide) groups is 1. The van der Waals surface area contributed by atoms with Gasteiger partial charge in [-0.2, -0.15) is 5.26 Å². The molecule has 0 heterocycles. The Morgan fingerprint density at radius 1 is 0.906 bits per heavy atom. The van der Waals surface area contributed by atoms with Crippen LogP contribution in [0.5, 0.6) is 0 Å². The maximum atomic E-state index is 13.4. The van der Waals surface area contributed by atoms with Crippen molar-refractivity contribution in [1.29, 1.82) is 5.26 Å². The molecule has 164 valence electrons. The second-order valence-corrected chi connectivity index (χ2v) is 10.6. The number of nitrogens with zero attached hydrogens (tertiary/aromatic N) is 1. The van der Waals surface area contributed by atoms with E-state index in [9.17, 15) is 13.7 Å². The van der Waals surface area contributed by atoms with Gasteiger partial charge in [-0.15, -0.1) is 11.8 Å². The van der Waals surface area contributed by atoms with Gasteiger partial charge in [-0.05, 0) is 62.1 Å². The first-order chi connectivity index (χ1) is 15.2. The SMILES string of the molecule is Cc1ccc(C)c(CSC(Nc2c(C)cccc2C)=C(C#N)S(=O)(=O)c2ccccc2)c1. The minimum Gasteiger partial charge on any atom is -0.348 e. The lowest BCUT2D eigenvalue weighted by molar-refractivity contribution is 0.603. The largest absolute Gasteiger partial charge is 0.348 e. The standard InChI is InChI=1S/C26H26N2O2S2/c1-18-13-14-19(2)22(15-18)17-31-26(28-25-20(3)9-8-10-21(25)4)24(16-27)32(29,30)23-11-6-5-7-12-23/h5-15,28H,17H2,1-4H3. The number of para-hydroxylation sites is 1. The number of hydrogen-bond donors (Lipinski definition) is 1. The molecule has 3 rings (SSSR count). The highest BCUT2D eigenvalue weighted by Crippen LogP contribution is 2.33. The second kappa shape index (κ2) is 10.1. The van der Waals surface area contributed by atoms with Crippen molar-refractivity contribution in [2.75, 3.05) is 5.32 Å². The summed E-state index contributed by atoms with van der Waals surface area (Å²) in [6, 6.07) is 22.1. The molecular weight excluding hydrogens is 436 g/mol. The molecule has 0 spiro atoms. The summed E-state index contributed by atoms with van der Waals surface area (Å²) in [6.45, 7) is 7.98. The van der Waals surface area contributed by atoms with Gasteiger partial charge >= 0.3 is 0 Å². The number of hydrogen-bond acceptors (Lipinski definition) is 5. The second-order valence-electron chi connectivity index (χ2n) is 7.70. The fourth-order valence-corrected chi connectivity index (χ4v) is 5.97. The molecule has 0 amide bonds. The highest BCUT2D eigenvalue weighted by molar-refractivity contribution is 8.04. The molecule has 0 aromatic heterocycles. The molecule has 6 heteroatoms. The Morgan fingerprint density at radius 2 is 1.56 bits per heavy atom. The third-order valence-corrected chi connectivity index (χ3v) is 8.13. The average molecular weight is 463 g/mol. The number of allylic oxidation sites excluding steroid dienone is 1. The molecule has 0 radical (unpaired) electrons. The summed E-state index contributed by atoms with van der Waals surface area (Å²) >= 11 is 1.33. The molecule has 0 aliphatic heterocycles. The van der Waals surface area contributed by atoms with Gasteiger partial charge < -0.3 is 5.32 Å². The van der Waals surface area contributed by atoms with E-state index in [1.165, 1.54) is 23.9 Å². The summed E-state index contributed by atoms with van der Waals surface area (Å²) in [6.07, 6.45) is 0. The van der Waals surface area contributed by atoms with Crippen LogP contribution in [0.4, 0.5) is 5.69 Å². The smallest absolute Gasteiger partial charge is 0.219 e. The van der Waals surface area contributed by atoms with E-state index in [0.29, 0.717) is 10.8 Å². The van der Waals surface area contributed by atoms with Crippen LogP contribution in [0.1, 0.15) is 27.8 Å². The van der Waals surface area contributed by atoms with Crippen LogP contribution in [0.15, 0.2) is 81.6 Å². The predicted octanol–water partition coefficient (Wildman–Crippen LogP) is 6.43. The lowest BCUT2D eigenvalue weighted by Crippen LogP contribution is -2.11. The van der Waals surface area contributed by atoms with E-state index in [0.717, 1.165) is 33.5 Å². The maximum Gasteiger partial charge on any atom is 0.219 e. The summed E-state index contributed by atoms with van der Waals surface area (Å²) in [5.74, 6) is 0.538. The highest BCUT2D eigenvalue weighted by Gasteiger charge is 2.26. The first kappa shape index (κ1) is 23.6. The van der Waals surface area contributed by atoms with Gasteiger partial charge in [0.25, 0.3) is 0 Å². The van der Waals surface area contributed by atoms with E-state index in [1.54, 1.807) is 18.2 Å². The van der Waals surface area contributed by atoms with Crippen LogP contribution in [-0.4, -0.2) is 8.42 Å². The van der Waals surface area contributed by atoms with Crippen molar-refractivity contribution in [3.8, 4) is 6.07 Å². The van der Waals surface area contributed by atoms with Gasteiger partial charge in [0, 0.05) is 11.4 Å². The minimum atomic E-state index is -3.98. The van der Waals surface area contributed by atoms with Crippen molar-refractivity contribution in [2.45, 2.75) is 38.3 Å². The van der Waals surface area contributed by atoms with E-state index < -0.39 is 9.84 Å². The van der Waals surface area contributed by atoms with Crippen LogP contribution in [0.3, 0.4) is 0 Å². The van der Waals surface area contributed by atoms with E-state index in [-0.39, 0.29) is 9.80 Å². The zero-order valence-electron chi connectivity index (χ0n) is 18.6. The molecular formula is C26H26N2O2S2. The third kappa shape index (κ3) is 5.24. The summed E-state index contributed by atoms with van der Waals surface area (Å²) in [5, 5.41) is 13.6. The number of rotatable bonds is 7. The molecule has 3 aromatic carbocycles. The van der Waals surface area contributed by atoms with Crippen LogP contribution in [0.25, 0.3) is 0 Å². The van der Waals surface area contributed by atoms with E-state index in [2.05, 4.69) is 23.5 Å². The normalized spacial score (nSPS) is 12.1. The van der Waals surface area contributed by atoms with E-state index in [4.69, 9.17) is 0 Å². The topological polar surface area (TPSA) is 70.0 Å². The monoisotopic (exact) mass is 462 g/mol. The van der Waals surface area contributed by atoms with Crippen molar-refractivity contribution >= 4 is 27.3 Å². The Hall–Kier alpha value is -3.01. The Balaban J connectivity index is 2.12. The fourth-order valence-electron chi connectivity index (χ4n) is 3.34. The summed E-state index contributed by atoms with van der Waals surface area (Å²) in [5.41, 5.74) is 6.13. The molecule has 4 nitrogen and oxygen atoms in total. The Kier molecular flexibility index (Phi) is 7.44. The lowest BCUT2D eigenvalue weighted by Gasteiger charge is -2.18. The number of anilines is 1. The molecule has 3 aromatic rings. The minimum absolute atomic E-state index is 0.102. The number of sulfone groups is 1. The van der Waals surface area contributed by atoms with Gasteiger partial charge in [-0.25, -0.2) is 8.42 Å². The first-order valence-corrected chi connectivity index (χ1v) is 12.7. The Labute approximate surface area is 194 Å². The Bertz CT molecular complexity index is 1290. The Morgan fingerprint density at radius 3 is 2.19 bits per heavy atom. The van der Waals surface area contributed by atoms with Crippen molar-refractivity contribution in [3.05, 3.63) is 104 Å². The van der Waals surface area contributed by atoms with Gasteiger partial charge in [-0.3, -0.25) is 0 Å². The van der Waals surface area contributed by atoms with Crippen LogP contribution in [0, 0.1) is 39.0 Å². The summed E-state index contributed by atoms with van der Waals surface area (Å²) in [4.78, 5) is -0.175. The van der Waals surface area contributed by atoms with Gasteiger partial charge in [0.2, 0.25) is 9.84 Å². The van der Waals surface area contributed by atoms with Crippen molar-refractivity contribution in [1.82, 2.24) is 0 Å². The lowest BCUT2D eigenvalue weighted by atomic mass is 10.1. The molecule has 0 aliphatic rings. The van der Waals surface area contributed by atoms with Crippen molar-refractivity contribution < 1.29 is 8.42 Å². The zero-order valence-corrected chi connectivity index (χ0v) is 20.3. The summed E-state index contributed by atoms with van der Waals surface area (Å²) in [7, 11) is -3.98. The van der Waals surface area contributed by atoms with Crippen molar-refractivity contribution in [2.24, 2.45) is 0 Å². The molecule has 0 unspecified atom stereocenters. The molecule has 1 N–H and O–H groups in total.